The highest BCUT2D eigenvalue weighted by molar-refractivity contribution is 8.13. The fourth-order valence-corrected chi connectivity index (χ4v) is 18.3. The molecule has 8 N–H and O–H groups in total. The van der Waals surface area contributed by atoms with Gasteiger partial charge in [-0.25, -0.2) is 14.4 Å². The maximum atomic E-state index is 14.5. The summed E-state index contributed by atoms with van der Waals surface area (Å²) in [5, 5.41) is 37.5. The quantitative estimate of drug-likeness (QED) is 0.0124. The molecule has 42 heteroatoms. The minimum atomic E-state index is -2.00. The molecule has 2 aromatic rings. The molecule has 0 spiro atoms. The molecule has 6 aliphatic heterocycles. The molecule has 4 saturated heterocycles. The number of allylic oxidation sites excluding steroid dienone is 6. The van der Waals surface area contributed by atoms with E-state index in [1.807, 2.05) is 19.9 Å². The van der Waals surface area contributed by atoms with Crippen molar-refractivity contribution in [2.75, 3.05) is 118 Å². The lowest BCUT2D eigenvalue weighted by atomic mass is 9.83. The number of benzene rings is 2. The maximum Gasteiger partial charge on any atom is 0.409 e. The number of amides is 12. The van der Waals surface area contributed by atoms with Crippen molar-refractivity contribution in [3.8, 4) is 11.5 Å². The molecule has 38 nitrogen and oxygen atoms in total. The van der Waals surface area contributed by atoms with E-state index in [0.717, 1.165) is 60.5 Å². The Morgan fingerprint density at radius 2 is 1.11 bits per heavy atom. The van der Waals surface area contributed by atoms with Crippen molar-refractivity contribution in [3.05, 3.63) is 93.0 Å². The third-order valence-corrected chi connectivity index (χ3v) is 27.2. The first-order valence-electron chi connectivity index (χ1n) is 42.5. The standard InChI is InChI=1S/C88H121Cl2N11O27S2/c1-48-21-18-23-63(122-16)87(117,95-47-102)42-60(121-15)50(3)79-85(7,127-79)65(40-73(109)99(11)56-35-54(33-48)37-58(119-13)77(56)89)125-82(114)52(5)97(9)71(107)27-31-129-62-39-75(111)101(81(62)113)30-20-25-67(103)92-45-69(105)94-46-70(106)93-44-68(104)91-29-26-76(112)130-32-28-72(108)98(10)53(6)83(115)126-66-41-74(110)100(12)57-36-55(38-59(120-14)78(57)90)34-49(2)22-19-24-64(123-17)88(118)43-61(124-84(116)96-88)51(4)80-86(66,8)128-80/h18-19,21-24,35-38,47,50-53,60-66,79-80,117-118H,20,25-34,39-46H2,1-17H3,(H,91,104)(H,92,103)(H,93,106)(H,94,105)(H,95,102)(H,96,116)/b23-18+,24-19+,48-21+,49-22+. The number of imide groups is 1. The Morgan fingerprint density at radius 1 is 0.631 bits per heavy atom. The Morgan fingerprint density at radius 3 is 1.59 bits per heavy atom. The molecule has 6 aliphatic rings. The number of nitrogens with one attached hydrogen (secondary N) is 6. The van der Waals surface area contributed by atoms with Gasteiger partial charge in [-0.05, 0) is 96.2 Å². The molecule has 4 fully saturated rings. The van der Waals surface area contributed by atoms with Crippen LogP contribution in [0.25, 0.3) is 0 Å². The van der Waals surface area contributed by atoms with Crippen LogP contribution in [0, 0.1) is 11.8 Å². The summed E-state index contributed by atoms with van der Waals surface area (Å²) in [6, 6.07) is 4.48. The number of ether oxygens (including phenoxy) is 10. The number of rotatable bonds is 33. The number of thioether (sulfide) groups is 2. The van der Waals surface area contributed by atoms with Crippen LogP contribution in [0.4, 0.5) is 16.2 Å². The van der Waals surface area contributed by atoms with Crippen molar-refractivity contribution in [2.45, 2.75) is 221 Å². The van der Waals surface area contributed by atoms with Crippen LogP contribution in [0.3, 0.4) is 0 Å². The summed E-state index contributed by atoms with van der Waals surface area (Å²) in [4.78, 5) is 206. The van der Waals surface area contributed by atoms with E-state index in [2.05, 4.69) is 31.9 Å². The first-order valence-corrected chi connectivity index (χ1v) is 45.3. The van der Waals surface area contributed by atoms with Gasteiger partial charge in [0.15, 0.2) is 16.6 Å². The second-order valence-corrected chi connectivity index (χ2v) is 36.7. The van der Waals surface area contributed by atoms with E-state index >= 15 is 0 Å². The van der Waals surface area contributed by atoms with Gasteiger partial charge in [-0.3, -0.25) is 67.8 Å². The Bertz CT molecular complexity index is 4680. The van der Waals surface area contributed by atoms with E-state index in [0.29, 0.717) is 36.4 Å². The minimum absolute atomic E-state index is 0.0118. The zero-order valence-electron chi connectivity index (χ0n) is 76.2. The van der Waals surface area contributed by atoms with Gasteiger partial charge in [-0.1, -0.05) is 96.4 Å². The zero-order valence-corrected chi connectivity index (χ0v) is 79.3. The zero-order chi connectivity index (χ0) is 96.2. The van der Waals surface area contributed by atoms with Crippen molar-refractivity contribution in [1.29, 1.82) is 0 Å². The average Bonchev–Trinajstić information content (AvgIpc) is 1.57. The smallest absolute Gasteiger partial charge is 0.409 e. The Labute approximate surface area is 774 Å². The molecule has 0 radical (unpaired) electrons. The van der Waals surface area contributed by atoms with Gasteiger partial charge < -0.3 is 104 Å². The normalized spacial score (nSPS) is 28.4. The van der Waals surface area contributed by atoms with Crippen molar-refractivity contribution in [1.82, 2.24) is 46.6 Å². The number of nitrogens with zero attached hydrogens (tertiary/aromatic N) is 5. The number of aliphatic hydroxyl groups is 2. The number of likely N-dealkylation sites (tertiary alicyclic amines) is 1. The second-order valence-electron chi connectivity index (χ2n) is 33.5. The van der Waals surface area contributed by atoms with E-state index in [-0.39, 0.29) is 91.8 Å². The van der Waals surface area contributed by atoms with Crippen LogP contribution in [0.2, 0.25) is 10.0 Å². The number of epoxide rings is 2. The molecular formula is C88H121Cl2N11O27S2. The molecule has 6 heterocycles. The summed E-state index contributed by atoms with van der Waals surface area (Å²) in [5.74, 6) is -8.36. The molecule has 6 bridgehead atoms. The fraction of sp³-hybridized carbons (Fsp3) is 0.602. The number of esters is 2. The van der Waals surface area contributed by atoms with E-state index in [4.69, 9.17) is 70.6 Å². The Kier molecular flexibility index (Phi) is 38.2. The number of hydrogen-bond acceptors (Lipinski definition) is 29. The van der Waals surface area contributed by atoms with Gasteiger partial charge in [0.2, 0.25) is 65.5 Å². The first-order chi connectivity index (χ1) is 61.3. The van der Waals surface area contributed by atoms with Crippen molar-refractivity contribution in [2.24, 2.45) is 11.8 Å². The largest absolute Gasteiger partial charge is 0.495 e. The highest BCUT2D eigenvalue weighted by atomic mass is 35.5. The van der Waals surface area contributed by atoms with Gasteiger partial charge in [0, 0.05) is 131 Å². The molecule has 716 valence electrons. The summed E-state index contributed by atoms with van der Waals surface area (Å²) >= 11 is 15.6. The van der Waals surface area contributed by atoms with Gasteiger partial charge in [0.25, 0.3) is 0 Å². The van der Waals surface area contributed by atoms with Crippen LogP contribution in [0.5, 0.6) is 11.5 Å². The van der Waals surface area contributed by atoms with E-state index in [1.54, 1.807) is 82.3 Å². The number of fused-ring (bicyclic) bond motifs is 8. The molecule has 0 saturated carbocycles. The molecule has 12 amide bonds. The lowest BCUT2D eigenvalue weighted by molar-refractivity contribution is -0.162. The molecule has 8 rings (SSSR count). The minimum Gasteiger partial charge on any atom is -0.495 e. The predicted molar refractivity (Wildman–Crippen MR) is 479 cm³/mol. The molecule has 0 aliphatic carbocycles. The van der Waals surface area contributed by atoms with Crippen LogP contribution in [-0.2, 0) is 118 Å². The number of anilines is 2. The molecule has 17 atom stereocenters. The Balaban J connectivity index is 0.720. The maximum absolute atomic E-state index is 14.5. The second kappa shape index (κ2) is 47.1. The predicted octanol–water partition coefficient (Wildman–Crippen LogP) is 4.23. The van der Waals surface area contributed by atoms with Crippen molar-refractivity contribution >= 4 is 147 Å². The number of carbonyl (C=O) groups excluding carboxylic acids is 15. The molecule has 2 aromatic carbocycles. The summed E-state index contributed by atoms with van der Waals surface area (Å²) < 4.78 is 59.2. The SMILES string of the molecule is COc1cc2cc(c1Cl)N(C)C(=O)CC(OC(=O)C(C)N(C)C(=O)CCSC1CC(=O)N(CCCC(=O)NCC(=O)NCC(=O)NCC(=O)NCCC(=O)SCCC(=O)N(C)C(C)C(=O)OC3CC(=O)N(C)c4cc(cc(OC)c4Cl)C/C(C)=C/C=C/C(OC)C4(O)CC(OC(=O)N4)C(C)C4OC34C)C1=O)C1(C)OC1C(C)C(OC)CC(O)(NC=O)C(OC)/C=C/C=C(\C)C2. The number of hydrogen-bond donors (Lipinski definition) is 8. The first kappa shape index (κ1) is 106. The van der Waals surface area contributed by atoms with Crippen LogP contribution in [0.1, 0.15) is 131 Å². The number of likely N-dealkylation sites (N-methyl/N-ethyl adjacent to an activating group) is 2. The van der Waals surface area contributed by atoms with Crippen molar-refractivity contribution < 1.29 is 129 Å². The summed E-state index contributed by atoms with van der Waals surface area (Å²) in [6.07, 6.45) is 0.212. The lowest BCUT2D eigenvalue weighted by Crippen LogP contribution is -2.63. The van der Waals surface area contributed by atoms with Crippen LogP contribution in [-0.4, -0.2) is 310 Å². The number of carbonyl (C=O) groups is 15. The topological polar surface area (TPSA) is 484 Å². The van der Waals surface area contributed by atoms with Gasteiger partial charge in [0.1, 0.15) is 75.3 Å². The lowest BCUT2D eigenvalue weighted by Gasteiger charge is -2.42. The Hall–Kier alpha value is -9.75. The summed E-state index contributed by atoms with van der Waals surface area (Å²) in [7, 11) is 12.9. The summed E-state index contributed by atoms with van der Waals surface area (Å²) in [6.45, 7) is 11.5. The monoisotopic (exact) mass is 1900 g/mol. The van der Waals surface area contributed by atoms with E-state index in [9.17, 15) is 82.1 Å². The molecular weight excluding hydrogens is 1780 g/mol. The third-order valence-electron chi connectivity index (χ3n) is 24.3. The average molecular weight is 1900 g/mol. The van der Waals surface area contributed by atoms with Gasteiger partial charge in [-0.15, -0.1) is 11.8 Å². The highest BCUT2D eigenvalue weighted by Gasteiger charge is 2.66. The fourth-order valence-electron chi connectivity index (χ4n) is 15.9. The van der Waals surface area contributed by atoms with E-state index < -0.39 is 215 Å². The van der Waals surface area contributed by atoms with Crippen LogP contribution < -0.4 is 51.2 Å². The highest BCUT2D eigenvalue weighted by Crippen LogP contribution is 2.51. The third kappa shape index (κ3) is 27.2. The van der Waals surface area contributed by atoms with Crippen LogP contribution >= 0.6 is 46.7 Å². The van der Waals surface area contributed by atoms with E-state index in [1.165, 1.54) is 87.4 Å². The molecule has 17 unspecified atom stereocenters. The number of methoxy groups -OCH3 is 5. The summed E-state index contributed by atoms with van der Waals surface area (Å²) in [5.41, 5.74) is -2.89. The van der Waals surface area contributed by atoms with Gasteiger partial charge in [-0.2, -0.15) is 0 Å². The van der Waals surface area contributed by atoms with Crippen LogP contribution in [0.15, 0.2) is 71.9 Å². The van der Waals surface area contributed by atoms with Gasteiger partial charge in [0.05, 0.1) is 81.6 Å². The van der Waals surface area contributed by atoms with Crippen molar-refractivity contribution in [3.63, 3.8) is 0 Å². The molecule has 130 heavy (non-hydrogen) atoms. The molecule has 0 aromatic heterocycles. The van der Waals surface area contributed by atoms with Gasteiger partial charge >= 0.3 is 18.0 Å². The number of alkyl carbamates (subject to hydrolysis) is 1. The number of halogens is 2.